The van der Waals surface area contributed by atoms with E-state index in [4.69, 9.17) is 17.9 Å². The number of anilines is 4. The zero-order valence-electron chi connectivity index (χ0n) is 44.6. The van der Waals surface area contributed by atoms with Crippen molar-refractivity contribution < 1.29 is 35.1 Å². The first-order valence-corrected chi connectivity index (χ1v) is 23.4. The zero-order valence-corrected chi connectivity index (χ0v) is 38.9. The second kappa shape index (κ2) is 15.0. The standard InChI is InChI=1S/C59H44BN5O.Pt/c1-38-33-48(39-17-6-5-7-18-39)57(49(34-38)40-19-14-20-41(35-40)59(2,3)4)63-37-62(51-27-10-11-28-52(51)63)42-21-15-22-43(36-42)66-55-32-31-47-46-25-16-24-45-44-23-8-9-26-50(44)64-53-29-12-13-30-54(53)65(58(47)61-55)60(64)56(45)46;/h5-36H,1-4H3;/i1D3,5D,6D,7D,17D,18D;. The Morgan fingerprint density at radius 1 is 0.582 bits per heavy atom. The second-order valence-corrected chi connectivity index (χ2v) is 19.2. The number of para-hydroxylation sites is 5. The van der Waals surface area contributed by atoms with Crippen LogP contribution in [0, 0.1) is 10.7 Å². The predicted octanol–water partition coefficient (Wildman–Crippen LogP) is 14.3. The van der Waals surface area contributed by atoms with Gasteiger partial charge in [-0.15, -0.1) is 0 Å². The molecule has 8 aromatic carbocycles. The number of rotatable bonds is 6. The van der Waals surface area contributed by atoms with Crippen LogP contribution in [0.2, 0.25) is 0 Å². The summed E-state index contributed by atoms with van der Waals surface area (Å²) in [4.78, 5) is 10.1. The van der Waals surface area contributed by atoms with Crippen LogP contribution < -0.4 is 19.8 Å². The molecule has 0 unspecified atom stereocenters. The molecule has 10 aromatic rings. The van der Waals surface area contributed by atoms with E-state index in [0.717, 1.165) is 56.3 Å². The number of aryl methyl sites for hydroxylation is 1. The van der Waals surface area contributed by atoms with E-state index in [2.05, 4.69) is 127 Å². The van der Waals surface area contributed by atoms with Crippen molar-refractivity contribution >= 4 is 46.4 Å². The van der Waals surface area contributed by atoms with E-state index in [9.17, 15) is 2.74 Å². The molecule has 8 heteroatoms. The van der Waals surface area contributed by atoms with Crippen LogP contribution in [0.1, 0.15) is 42.9 Å². The van der Waals surface area contributed by atoms with Gasteiger partial charge in [0.05, 0.1) is 0 Å². The van der Waals surface area contributed by atoms with Crippen LogP contribution in [0.5, 0.6) is 11.6 Å². The predicted molar refractivity (Wildman–Crippen MR) is 271 cm³/mol. The molecule has 0 atom stereocenters. The molecule has 3 aliphatic rings. The van der Waals surface area contributed by atoms with Crippen molar-refractivity contribution in [3.05, 3.63) is 209 Å². The van der Waals surface area contributed by atoms with E-state index in [0.29, 0.717) is 32.2 Å². The Labute approximate surface area is 412 Å². The molecule has 6 nitrogen and oxygen atoms in total. The molecule has 0 aliphatic carbocycles. The molecule has 0 fully saturated rings. The van der Waals surface area contributed by atoms with Crippen LogP contribution >= 0.6 is 0 Å². The number of benzene rings is 8. The molecule has 324 valence electrons. The average molecular weight is 1050 g/mol. The molecule has 13 rings (SSSR count). The molecule has 0 spiro atoms. The van der Waals surface area contributed by atoms with Crippen molar-refractivity contribution in [3.63, 3.8) is 0 Å². The summed E-state index contributed by atoms with van der Waals surface area (Å²) in [6.07, 6.45) is 0. The fourth-order valence-corrected chi connectivity index (χ4v) is 11.4. The molecular weight excluding hydrogens is 1000 g/mol. The van der Waals surface area contributed by atoms with Crippen molar-refractivity contribution in [3.8, 4) is 67.5 Å². The number of nitrogens with zero attached hydrogens (tertiary/aromatic N) is 5. The third kappa shape index (κ3) is 6.14. The van der Waals surface area contributed by atoms with E-state index in [-0.39, 0.29) is 29.1 Å². The molecule has 2 aromatic heterocycles. The van der Waals surface area contributed by atoms with Gasteiger partial charge in [-0.25, -0.2) is 0 Å². The van der Waals surface area contributed by atoms with Crippen LogP contribution in [-0.4, -0.2) is 21.1 Å². The molecule has 0 bridgehead atoms. The van der Waals surface area contributed by atoms with Crippen molar-refractivity contribution in [2.45, 2.75) is 33.0 Å². The number of hydrogen-bond donors (Lipinski definition) is 0. The van der Waals surface area contributed by atoms with Gasteiger partial charge < -0.3 is 0 Å². The van der Waals surface area contributed by atoms with Crippen molar-refractivity contribution in [2.24, 2.45) is 0 Å². The summed E-state index contributed by atoms with van der Waals surface area (Å²) >= 11 is 2.27. The van der Waals surface area contributed by atoms with Gasteiger partial charge in [0.25, 0.3) is 0 Å². The van der Waals surface area contributed by atoms with Gasteiger partial charge in [0, 0.05) is 11.3 Å². The Balaban J connectivity index is 0.985. The van der Waals surface area contributed by atoms with E-state index >= 15 is 0 Å². The van der Waals surface area contributed by atoms with Gasteiger partial charge in [-0.2, -0.15) is 0 Å². The van der Waals surface area contributed by atoms with Crippen molar-refractivity contribution in [1.82, 2.24) is 14.1 Å². The molecule has 3 aliphatic heterocycles. The Bertz CT molecular complexity index is 4140. The molecule has 0 saturated heterocycles. The summed E-state index contributed by atoms with van der Waals surface area (Å²) < 4.78 is 82.2. The Morgan fingerprint density at radius 3 is 2.01 bits per heavy atom. The van der Waals surface area contributed by atoms with Gasteiger partial charge in [-0.05, 0) is 17.7 Å². The van der Waals surface area contributed by atoms with E-state index < -0.39 is 37.1 Å². The van der Waals surface area contributed by atoms with Gasteiger partial charge >= 0.3 is 343 Å². The fourth-order valence-electron chi connectivity index (χ4n) is 10.3. The average Bonchev–Trinajstić information content (AvgIpc) is 3.95. The minimum absolute atomic E-state index is 0.0336. The van der Waals surface area contributed by atoms with Crippen molar-refractivity contribution in [1.29, 1.82) is 0 Å². The molecule has 0 radical (unpaired) electrons. The maximum absolute atomic E-state index is 9.27. The Morgan fingerprint density at radius 2 is 1.24 bits per heavy atom. The van der Waals surface area contributed by atoms with Crippen LogP contribution in [0.3, 0.4) is 0 Å². The van der Waals surface area contributed by atoms with Gasteiger partial charge in [-0.3, -0.25) is 0 Å². The summed E-state index contributed by atoms with van der Waals surface area (Å²) in [6.45, 7) is 3.56. The van der Waals surface area contributed by atoms with Crippen LogP contribution in [0.4, 0.5) is 22.9 Å². The summed E-state index contributed by atoms with van der Waals surface area (Å²) in [7, 11) is 0. The fraction of sp³-hybridized carbons (Fsp3) is 0.0847. The number of pyridine rings is 1. The third-order valence-electron chi connectivity index (χ3n) is 13.2. The molecule has 0 amide bonds. The van der Waals surface area contributed by atoms with Gasteiger partial charge in [0.2, 0.25) is 0 Å². The summed E-state index contributed by atoms with van der Waals surface area (Å²) in [5, 5.41) is 0. The number of hydrogen-bond acceptors (Lipinski definition) is 4. The van der Waals surface area contributed by atoms with Gasteiger partial charge in [0.1, 0.15) is 0 Å². The molecule has 5 heterocycles. The number of fused-ring (bicyclic) bond motifs is 10. The molecule has 67 heavy (non-hydrogen) atoms. The third-order valence-corrected chi connectivity index (χ3v) is 14.2. The van der Waals surface area contributed by atoms with Crippen LogP contribution in [0.15, 0.2) is 194 Å². The first-order valence-electron chi connectivity index (χ1n) is 26.2. The minimum atomic E-state index is -2.62. The Hall–Kier alpha value is -7.47. The van der Waals surface area contributed by atoms with Gasteiger partial charge in [0.15, 0.2) is 0 Å². The topological polar surface area (TPSA) is 38.5 Å². The van der Waals surface area contributed by atoms with E-state index in [1.54, 1.807) is 6.07 Å². The number of imidazole rings is 1. The quantitative estimate of drug-likeness (QED) is 0.156. The summed E-state index contributed by atoms with van der Waals surface area (Å²) in [5.74, 6) is 1.75. The Kier molecular flexibility index (Phi) is 7.23. The summed E-state index contributed by atoms with van der Waals surface area (Å²) in [5.41, 5.74) is 13.8. The number of aromatic nitrogens is 3. The maximum atomic E-state index is 9.27. The van der Waals surface area contributed by atoms with E-state index in [1.807, 2.05) is 83.4 Å². The normalized spacial score (nSPS) is 15.0. The van der Waals surface area contributed by atoms with Crippen molar-refractivity contribution in [2.75, 3.05) is 9.62 Å². The zero-order chi connectivity index (χ0) is 52.0. The van der Waals surface area contributed by atoms with Crippen LogP contribution in [-0.2, 0) is 24.8 Å². The van der Waals surface area contributed by atoms with E-state index in [1.165, 1.54) is 22.7 Å². The number of ether oxygens (including phenoxy) is 1. The SMILES string of the molecule is [2H]c1c([2H])c([2H])c(-c2cc(C([2H])([2H])[2H])cc(-c3cccc(C(C)(C)C)c3)c2-n2[c](=[Pt])n(-c3cccc(Oc4ccc5c(n4)N4B6c7c(cccc7-5)-c5ccccc5N6c5ccccc54)c3)c3ccccc32)c([2H])c1[2H]. The molecule has 0 N–H and O–H groups in total. The second-order valence-electron chi connectivity index (χ2n) is 18.2. The molecule has 0 saturated carbocycles. The van der Waals surface area contributed by atoms with Gasteiger partial charge in [-0.1, -0.05) is 42.5 Å². The first kappa shape index (κ1) is 32.2. The monoisotopic (exact) mass is 1050 g/mol. The van der Waals surface area contributed by atoms with Crippen LogP contribution in [0.25, 0.3) is 66.9 Å². The molecular formula is C59H44BN5OPt. The first-order chi connectivity index (χ1) is 36.0. The summed E-state index contributed by atoms with van der Waals surface area (Å²) in [6, 6.07) is 51.8.